The van der Waals surface area contributed by atoms with E-state index in [1.807, 2.05) is 59.5 Å². The van der Waals surface area contributed by atoms with E-state index in [1.165, 1.54) is 11.3 Å². The van der Waals surface area contributed by atoms with Crippen molar-refractivity contribution in [3.8, 4) is 28.1 Å². The minimum atomic E-state index is 0.105. The summed E-state index contributed by atoms with van der Waals surface area (Å²) in [5, 5.41) is 9.71. The van der Waals surface area contributed by atoms with Gasteiger partial charge in [-0.2, -0.15) is 5.26 Å². The van der Waals surface area contributed by atoms with Gasteiger partial charge in [-0.05, 0) is 48.9 Å². The van der Waals surface area contributed by atoms with Gasteiger partial charge < -0.3 is 9.64 Å². The van der Waals surface area contributed by atoms with Crippen LogP contribution >= 0.6 is 11.3 Å². The van der Waals surface area contributed by atoms with E-state index in [2.05, 4.69) is 11.2 Å². The minimum Gasteiger partial charge on any atom is -0.457 e. The Morgan fingerprint density at radius 1 is 1.17 bits per heavy atom. The highest BCUT2D eigenvalue weighted by Crippen LogP contribution is 2.44. The van der Waals surface area contributed by atoms with Crippen molar-refractivity contribution in [2.24, 2.45) is 11.8 Å². The molecule has 30 heavy (non-hydrogen) atoms. The van der Waals surface area contributed by atoms with Gasteiger partial charge in [0.1, 0.15) is 11.5 Å². The molecule has 5 rings (SSSR count). The maximum Gasteiger partial charge on any atom is 0.191 e. The van der Waals surface area contributed by atoms with Gasteiger partial charge in [-0.25, -0.2) is 4.98 Å². The zero-order valence-electron chi connectivity index (χ0n) is 16.4. The quantitative estimate of drug-likeness (QED) is 0.400. The molecule has 3 unspecified atom stereocenters. The average Bonchev–Trinajstić information content (AvgIpc) is 3.50. The number of piperidine rings is 1. The zero-order valence-corrected chi connectivity index (χ0v) is 17.2. The molecule has 5 nitrogen and oxygen atoms in total. The van der Waals surface area contributed by atoms with Crippen molar-refractivity contribution in [2.75, 3.05) is 6.54 Å². The molecule has 1 aromatic heterocycles. The molecule has 2 aliphatic rings. The fourth-order valence-electron chi connectivity index (χ4n) is 4.66. The number of carbonyl (C=O) groups is 1. The number of para-hydroxylation sites is 2. The number of likely N-dealkylation sites (tertiary alicyclic amines) is 1. The number of ketones is 1. The summed E-state index contributed by atoms with van der Waals surface area (Å²) in [6.45, 7) is 0.798. The van der Waals surface area contributed by atoms with Gasteiger partial charge in [0, 0.05) is 30.8 Å². The van der Waals surface area contributed by atoms with Crippen LogP contribution in [0, 0.1) is 23.3 Å². The number of hydrogen-bond acceptors (Lipinski definition) is 6. The lowest BCUT2D eigenvalue weighted by Gasteiger charge is -2.26. The third-order valence-electron chi connectivity index (χ3n) is 6.13. The Hall–Kier alpha value is -3.17. The molecule has 150 valence electrons. The Bertz CT molecular complexity index is 1100. The molecule has 2 heterocycles. The molecule has 1 saturated heterocycles. The molecule has 0 radical (unpaired) electrons. The van der Waals surface area contributed by atoms with Crippen molar-refractivity contribution in [1.82, 2.24) is 9.88 Å². The molecule has 6 heteroatoms. The second kappa shape index (κ2) is 7.92. The SMILES string of the molecule is N#CN1CC2CC1CC2CC(=O)c1ncc(-c2ccccc2Oc2ccccc2)s1. The number of ether oxygens (including phenoxy) is 1. The summed E-state index contributed by atoms with van der Waals surface area (Å²) >= 11 is 1.42. The predicted octanol–water partition coefficient (Wildman–Crippen LogP) is 5.37. The maximum absolute atomic E-state index is 12.9. The van der Waals surface area contributed by atoms with Gasteiger partial charge in [0.05, 0.1) is 4.88 Å². The highest BCUT2D eigenvalue weighted by atomic mass is 32.1. The first kappa shape index (κ1) is 18.8. The number of nitrogens with zero attached hydrogens (tertiary/aromatic N) is 3. The van der Waals surface area contributed by atoms with Gasteiger partial charge >= 0.3 is 0 Å². The van der Waals surface area contributed by atoms with Crippen LogP contribution in [0.25, 0.3) is 10.4 Å². The predicted molar refractivity (Wildman–Crippen MR) is 115 cm³/mol. The normalized spacial score (nSPS) is 22.1. The second-order valence-corrected chi connectivity index (χ2v) is 9.00. The van der Waals surface area contributed by atoms with Gasteiger partial charge in [0.15, 0.2) is 17.0 Å². The summed E-state index contributed by atoms with van der Waals surface area (Å²) in [6.07, 6.45) is 6.54. The third-order valence-corrected chi connectivity index (χ3v) is 7.20. The lowest BCUT2D eigenvalue weighted by atomic mass is 9.90. The number of carbonyl (C=O) groups excluding carboxylic acids is 1. The van der Waals surface area contributed by atoms with E-state index in [9.17, 15) is 4.79 Å². The number of thiazole rings is 1. The summed E-state index contributed by atoms with van der Waals surface area (Å²) in [5.74, 6) is 2.45. The van der Waals surface area contributed by atoms with Crippen LogP contribution in [-0.4, -0.2) is 28.3 Å². The number of nitriles is 1. The number of benzene rings is 2. The van der Waals surface area contributed by atoms with Crippen molar-refractivity contribution in [2.45, 2.75) is 25.3 Å². The van der Waals surface area contributed by atoms with Crippen LogP contribution in [0.3, 0.4) is 0 Å². The van der Waals surface area contributed by atoms with E-state index in [0.29, 0.717) is 29.3 Å². The second-order valence-electron chi connectivity index (χ2n) is 7.97. The first-order chi connectivity index (χ1) is 14.7. The van der Waals surface area contributed by atoms with Crippen LogP contribution in [-0.2, 0) is 0 Å². The summed E-state index contributed by atoms with van der Waals surface area (Å²) in [5.41, 5.74) is 0.933. The standard InChI is InChI=1S/C24H21N3O2S/c25-15-27-14-17-11-18(27)10-16(17)12-21(28)24-26-13-23(30-24)20-8-4-5-9-22(20)29-19-6-2-1-3-7-19/h1-9,13,16-18H,10-12,14H2. The maximum atomic E-state index is 12.9. The zero-order chi connectivity index (χ0) is 20.5. The highest BCUT2D eigenvalue weighted by Gasteiger charge is 2.45. The van der Waals surface area contributed by atoms with E-state index in [1.54, 1.807) is 6.20 Å². The Morgan fingerprint density at radius 3 is 2.73 bits per heavy atom. The van der Waals surface area contributed by atoms with Gasteiger partial charge in [0.25, 0.3) is 0 Å². The Kier molecular flexibility index (Phi) is 4.97. The molecule has 3 atom stereocenters. The molecule has 0 spiro atoms. The fraction of sp³-hybridized carbons (Fsp3) is 0.292. The molecule has 2 bridgehead atoms. The number of aromatic nitrogens is 1. The first-order valence-electron chi connectivity index (χ1n) is 10.2. The van der Waals surface area contributed by atoms with Crippen LogP contribution in [0.2, 0.25) is 0 Å². The summed E-state index contributed by atoms with van der Waals surface area (Å²) in [7, 11) is 0. The number of Topliss-reactive ketones (excluding diaryl/α,β-unsaturated/α-hetero) is 1. The monoisotopic (exact) mass is 415 g/mol. The molecule has 1 aliphatic carbocycles. The van der Waals surface area contributed by atoms with Crippen LogP contribution in [0.15, 0.2) is 60.8 Å². The lowest BCUT2D eigenvalue weighted by molar-refractivity contribution is 0.0936. The molecular weight excluding hydrogens is 394 g/mol. The summed E-state index contributed by atoms with van der Waals surface area (Å²) in [6, 6.07) is 17.8. The van der Waals surface area contributed by atoms with E-state index in [-0.39, 0.29) is 5.78 Å². The van der Waals surface area contributed by atoms with Crippen molar-refractivity contribution in [3.63, 3.8) is 0 Å². The largest absolute Gasteiger partial charge is 0.457 e. The molecular formula is C24H21N3O2S. The van der Waals surface area contributed by atoms with Crippen LogP contribution in [0.4, 0.5) is 0 Å². The van der Waals surface area contributed by atoms with Crippen LogP contribution < -0.4 is 4.74 Å². The minimum absolute atomic E-state index is 0.105. The Labute approximate surface area is 179 Å². The number of fused-ring (bicyclic) bond motifs is 2. The molecule has 0 amide bonds. The smallest absolute Gasteiger partial charge is 0.191 e. The fourth-order valence-corrected chi connectivity index (χ4v) is 5.55. The highest BCUT2D eigenvalue weighted by molar-refractivity contribution is 7.17. The molecule has 3 aromatic rings. The third kappa shape index (κ3) is 3.57. The van der Waals surface area contributed by atoms with Crippen molar-refractivity contribution >= 4 is 17.1 Å². The molecule has 1 saturated carbocycles. The lowest BCUT2D eigenvalue weighted by Crippen LogP contribution is -2.32. The van der Waals surface area contributed by atoms with Crippen molar-refractivity contribution in [1.29, 1.82) is 5.26 Å². The number of hydrogen-bond donors (Lipinski definition) is 0. The van der Waals surface area contributed by atoms with Crippen molar-refractivity contribution in [3.05, 3.63) is 65.8 Å². The molecule has 2 fully saturated rings. The van der Waals surface area contributed by atoms with E-state index in [0.717, 1.165) is 41.3 Å². The Balaban J connectivity index is 1.31. The average molecular weight is 416 g/mol. The van der Waals surface area contributed by atoms with Crippen LogP contribution in [0.1, 0.15) is 29.1 Å². The van der Waals surface area contributed by atoms with Crippen molar-refractivity contribution < 1.29 is 9.53 Å². The van der Waals surface area contributed by atoms with Crippen LogP contribution in [0.5, 0.6) is 11.5 Å². The van der Waals surface area contributed by atoms with Gasteiger partial charge in [-0.15, -0.1) is 11.3 Å². The molecule has 1 aliphatic heterocycles. The summed E-state index contributed by atoms with van der Waals surface area (Å²) in [4.78, 5) is 20.1. The van der Waals surface area contributed by atoms with Gasteiger partial charge in [-0.3, -0.25) is 4.79 Å². The topological polar surface area (TPSA) is 66.2 Å². The van der Waals surface area contributed by atoms with Gasteiger partial charge in [-0.1, -0.05) is 30.3 Å². The van der Waals surface area contributed by atoms with E-state index < -0.39 is 0 Å². The Morgan fingerprint density at radius 2 is 1.97 bits per heavy atom. The molecule has 2 aromatic carbocycles. The van der Waals surface area contributed by atoms with Gasteiger partial charge in [0.2, 0.25) is 0 Å². The van der Waals surface area contributed by atoms with E-state index in [4.69, 9.17) is 10.00 Å². The molecule has 0 N–H and O–H groups in total. The first-order valence-corrected chi connectivity index (χ1v) is 11.0. The van der Waals surface area contributed by atoms with E-state index >= 15 is 0 Å². The number of rotatable bonds is 6. The summed E-state index contributed by atoms with van der Waals surface area (Å²) < 4.78 is 6.06.